The largest absolute Gasteiger partial charge is 0.494 e. The van der Waals surface area contributed by atoms with Crippen molar-refractivity contribution >= 4 is 59.5 Å². The van der Waals surface area contributed by atoms with Crippen molar-refractivity contribution in [2.24, 2.45) is 0 Å². The number of amides is 1. The van der Waals surface area contributed by atoms with Gasteiger partial charge in [-0.25, -0.2) is 8.42 Å². The van der Waals surface area contributed by atoms with Gasteiger partial charge in [-0.1, -0.05) is 0 Å². The quantitative estimate of drug-likeness (QED) is 0.322. The summed E-state index contributed by atoms with van der Waals surface area (Å²) < 4.78 is 52.6. The summed E-state index contributed by atoms with van der Waals surface area (Å²) in [6.07, 6.45) is 0. The van der Waals surface area contributed by atoms with E-state index in [1.807, 2.05) is 55.4 Å². The monoisotopic (exact) mass is 603 g/mol. The van der Waals surface area contributed by atoms with Gasteiger partial charge < -0.3 is 29.0 Å². The highest BCUT2D eigenvalue weighted by Gasteiger charge is 2.53. The van der Waals surface area contributed by atoms with Crippen molar-refractivity contribution < 1.29 is 41.7 Å². The van der Waals surface area contributed by atoms with E-state index in [9.17, 15) is 18.0 Å². The summed E-state index contributed by atoms with van der Waals surface area (Å²) in [5.74, 6) is -2.00. The molecule has 0 aromatic heterocycles. The van der Waals surface area contributed by atoms with Crippen LogP contribution in [0.1, 0.15) is 65.7 Å². The molecule has 2 heterocycles. The molecule has 2 N–H and O–H groups in total. The van der Waals surface area contributed by atoms with Crippen molar-refractivity contribution in [3.05, 3.63) is 42.0 Å². The minimum absolute atomic E-state index is 0.0646. The zero-order chi connectivity index (χ0) is 30.8. The van der Waals surface area contributed by atoms with Crippen LogP contribution in [0.15, 0.2) is 51.1 Å². The van der Waals surface area contributed by atoms with Gasteiger partial charge in [-0.3, -0.25) is 9.59 Å². The Bertz CT molecular complexity index is 1470. The molecule has 2 saturated heterocycles. The highest BCUT2D eigenvalue weighted by molar-refractivity contribution is 7.91. The van der Waals surface area contributed by atoms with E-state index in [0.717, 1.165) is 0 Å². The second-order valence-corrected chi connectivity index (χ2v) is 14.8. The first kappa shape index (κ1) is 31.6. The van der Waals surface area contributed by atoms with Gasteiger partial charge in [-0.05, 0) is 103 Å². The van der Waals surface area contributed by atoms with Crippen LogP contribution in [0.2, 0.25) is 0 Å². The van der Waals surface area contributed by atoms with Crippen molar-refractivity contribution in [3.8, 4) is 0 Å². The third-order valence-corrected chi connectivity index (χ3v) is 10.1. The molecule has 4 rings (SSSR count). The summed E-state index contributed by atoms with van der Waals surface area (Å²) >= 11 is 4.44. The van der Waals surface area contributed by atoms with E-state index in [4.69, 9.17) is 23.7 Å². The highest BCUT2D eigenvalue weighted by Crippen LogP contribution is 2.38. The predicted octanol–water partition coefficient (Wildman–Crippen LogP) is 2.22. The maximum absolute atomic E-state index is 14.0. The molecule has 14 heteroatoms. The summed E-state index contributed by atoms with van der Waals surface area (Å²) in [6.45, 7) is 14.3. The fourth-order valence-electron chi connectivity index (χ4n) is 4.29. The van der Waals surface area contributed by atoms with Gasteiger partial charge in [0.2, 0.25) is 9.84 Å². The zero-order valence-electron chi connectivity index (χ0n) is 24.4. The van der Waals surface area contributed by atoms with Crippen molar-refractivity contribution in [3.63, 3.8) is 0 Å². The minimum Gasteiger partial charge on any atom is -0.480 e. The van der Waals surface area contributed by atoms with E-state index in [1.54, 1.807) is 6.07 Å². The van der Waals surface area contributed by atoms with Crippen molar-refractivity contribution in [2.75, 3.05) is 6.54 Å². The normalized spacial score (nSPS) is 20.7. The molecule has 2 fully saturated rings. The molecule has 10 nitrogen and oxygen atoms in total. The first-order valence-electron chi connectivity index (χ1n) is 13.1. The molecule has 220 valence electrons. The van der Waals surface area contributed by atoms with Crippen LogP contribution in [-0.2, 0) is 33.2 Å². The summed E-state index contributed by atoms with van der Waals surface area (Å²) in [6, 6.07) is 8.56. The number of carbonyl (C=O) groups is 2. The van der Waals surface area contributed by atoms with Gasteiger partial charge in [-0.2, -0.15) is 0 Å². The average molecular weight is 603 g/mol. The number of carboxylic acid groups (broad SMARTS) is 1. The molecule has 0 unspecified atom stereocenters. The van der Waals surface area contributed by atoms with Gasteiger partial charge in [0.25, 0.3) is 5.91 Å². The van der Waals surface area contributed by atoms with Crippen LogP contribution >= 0.6 is 12.6 Å². The van der Waals surface area contributed by atoms with Crippen LogP contribution in [0.4, 0.5) is 0 Å². The molecule has 0 radical (unpaired) electrons. The Morgan fingerprint density at radius 3 is 1.61 bits per heavy atom. The molecule has 0 spiro atoms. The Morgan fingerprint density at radius 2 is 1.17 bits per heavy atom. The third kappa shape index (κ3) is 6.09. The third-order valence-electron chi connectivity index (χ3n) is 8.18. The SMILES string of the molecule is CC1(C)OB(c2cc(S)cc(S(=O)(=O)c3cc(B4OC(C)(C)C(C)(C)O4)cc(C(=O)NCC(=O)O)c3)c2)OC1(C)C. The van der Waals surface area contributed by atoms with Gasteiger partial charge >= 0.3 is 20.2 Å². The van der Waals surface area contributed by atoms with Crippen LogP contribution in [0.3, 0.4) is 0 Å². The maximum Gasteiger partial charge on any atom is 0.494 e. The van der Waals surface area contributed by atoms with E-state index in [0.29, 0.717) is 15.8 Å². The van der Waals surface area contributed by atoms with Gasteiger partial charge in [0, 0.05) is 10.5 Å². The van der Waals surface area contributed by atoms with E-state index < -0.39 is 64.9 Å². The molecule has 41 heavy (non-hydrogen) atoms. The van der Waals surface area contributed by atoms with Crippen molar-refractivity contribution in [2.45, 2.75) is 92.5 Å². The summed E-state index contributed by atoms with van der Waals surface area (Å²) in [5, 5.41) is 11.3. The second-order valence-electron chi connectivity index (χ2n) is 12.3. The van der Waals surface area contributed by atoms with Gasteiger partial charge in [-0.15, -0.1) is 12.6 Å². The number of nitrogens with one attached hydrogen (secondary N) is 1. The Labute approximate surface area is 247 Å². The lowest BCUT2D eigenvalue weighted by Gasteiger charge is -2.32. The predicted molar refractivity (Wildman–Crippen MR) is 157 cm³/mol. The molecule has 2 aromatic carbocycles. The van der Waals surface area contributed by atoms with Crippen LogP contribution in [0, 0.1) is 0 Å². The molecule has 0 bridgehead atoms. The topological polar surface area (TPSA) is 137 Å². The second kappa shape index (κ2) is 10.4. The molecule has 2 aliphatic heterocycles. The number of rotatable bonds is 7. The van der Waals surface area contributed by atoms with Gasteiger partial charge in [0.15, 0.2) is 0 Å². The first-order valence-corrected chi connectivity index (χ1v) is 15.0. The molecule has 0 aliphatic carbocycles. The molecular weight excluding hydrogens is 568 g/mol. The number of thiol groups is 1. The van der Waals surface area contributed by atoms with Crippen LogP contribution in [0.25, 0.3) is 0 Å². The van der Waals surface area contributed by atoms with Crippen LogP contribution in [-0.4, -0.2) is 68.6 Å². The molecule has 1 amide bonds. The van der Waals surface area contributed by atoms with E-state index in [-0.39, 0.29) is 15.4 Å². The molecule has 0 saturated carbocycles. The number of sulfone groups is 1. The number of carboxylic acids is 1. The fourth-order valence-corrected chi connectivity index (χ4v) is 6.09. The Morgan fingerprint density at radius 1 is 0.756 bits per heavy atom. The van der Waals surface area contributed by atoms with Crippen LogP contribution in [0.5, 0.6) is 0 Å². The maximum atomic E-state index is 14.0. The summed E-state index contributed by atoms with van der Waals surface area (Å²) in [5.41, 5.74) is -2.04. The lowest BCUT2D eigenvalue weighted by atomic mass is 9.78. The molecule has 0 atom stereocenters. The Balaban J connectivity index is 1.80. The van der Waals surface area contributed by atoms with Gasteiger partial charge in [0.05, 0.1) is 32.2 Å². The van der Waals surface area contributed by atoms with E-state index >= 15 is 0 Å². The van der Waals surface area contributed by atoms with Gasteiger partial charge in [0.1, 0.15) is 6.54 Å². The zero-order valence-corrected chi connectivity index (χ0v) is 26.1. The number of hydrogen-bond donors (Lipinski definition) is 3. The lowest BCUT2D eigenvalue weighted by Crippen LogP contribution is -2.41. The number of aliphatic carboxylic acids is 1. The Hall–Kier alpha value is -2.35. The summed E-state index contributed by atoms with van der Waals surface area (Å²) in [4.78, 5) is 24.0. The standard InChI is InChI=1S/C27H35B2NO9S2/c1-24(2)25(3,4)37-28(36-24)17-9-16(23(33)30-15-22(31)32)10-20(12-17)41(34,35)21-13-18(11-19(40)14-21)29-38-26(5,6)27(7,8)39-29/h9-14,40H,15H2,1-8H3,(H,30,33)(H,31,32). The first-order chi connectivity index (χ1) is 18.6. The molecule has 2 aliphatic rings. The average Bonchev–Trinajstić information content (AvgIpc) is 3.21. The lowest BCUT2D eigenvalue weighted by molar-refractivity contribution is -0.135. The Kier molecular flexibility index (Phi) is 8.03. The molecular formula is C27H35B2NO9S2. The molecule has 2 aromatic rings. The number of carbonyl (C=O) groups excluding carboxylic acids is 1. The van der Waals surface area contributed by atoms with Crippen molar-refractivity contribution in [1.82, 2.24) is 5.32 Å². The fraction of sp³-hybridized carbons (Fsp3) is 0.481. The van der Waals surface area contributed by atoms with Crippen LogP contribution < -0.4 is 16.2 Å². The minimum atomic E-state index is -4.24. The van der Waals surface area contributed by atoms with E-state index in [1.165, 1.54) is 30.3 Å². The number of hydrogen-bond acceptors (Lipinski definition) is 9. The smallest absolute Gasteiger partial charge is 0.480 e. The summed E-state index contributed by atoms with van der Waals surface area (Å²) in [7, 11) is -6.03. The van der Waals surface area contributed by atoms with Crippen molar-refractivity contribution in [1.29, 1.82) is 0 Å². The van der Waals surface area contributed by atoms with E-state index in [2.05, 4.69) is 17.9 Å². The highest BCUT2D eigenvalue weighted by atomic mass is 32.2. The number of benzene rings is 2.